The zero-order valence-corrected chi connectivity index (χ0v) is 11.2. The molecule has 0 spiro atoms. The summed E-state index contributed by atoms with van der Waals surface area (Å²) in [5, 5.41) is 0.990. The van der Waals surface area contributed by atoms with Gasteiger partial charge in [-0.05, 0) is 18.2 Å². The second kappa shape index (κ2) is 3.43. The molecule has 0 amide bonds. The van der Waals surface area contributed by atoms with Crippen molar-refractivity contribution < 1.29 is 8.68 Å². The topological polar surface area (TPSA) is 34.6 Å². The number of imidazole rings is 1. The molecule has 0 aromatic carbocycles. The van der Waals surface area contributed by atoms with E-state index in [9.17, 15) is 0 Å². The molecule has 0 fully saturated rings. The zero-order chi connectivity index (χ0) is 15.8. The van der Waals surface area contributed by atoms with Crippen LogP contribution in [0.2, 0.25) is 0 Å². The molecule has 0 unspecified atom stereocenters. The zero-order valence-electron chi connectivity index (χ0n) is 13.4. The minimum Gasteiger partial charge on any atom is -0.264 e. The lowest BCUT2D eigenvalue weighted by Crippen LogP contribution is -2.28. The third-order valence-corrected chi connectivity index (χ3v) is 4.97. The van der Waals surface area contributed by atoms with Crippen LogP contribution in [-0.4, -0.2) is 14.5 Å². The number of hydrogen-bond donors (Lipinski definition) is 0. The van der Waals surface area contributed by atoms with Gasteiger partial charge in [-0.1, -0.05) is 11.3 Å². The molecule has 5 rings (SSSR count). The van der Waals surface area contributed by atoms with Crippen molar-refractivity contribution in [3.63, 3.8) is 0 Å². The number of fused-ring (bicyclic) bond motifs is 7. The van der Waals surface area contributed by atoms with Gasteiger partial charge in [-0.25, -0.2) is 9.13 Å². The fourth-order valence-corrected chi connectivity index (χ4v) is 4.08. The molecule has 0 N–H and O–H groups in total. The summed E-state index contributed by atoms with van der Waals surface area (Å²) in [4.78, 5) is 9.38. The molecular formula is C15H11N4S+. The van der Waals surface area contributed by atoms with Gasteiger partial charge in [0.1, 0.15) is 6.54 Å². The summed E-state index contributed by atoms with van der Waals surface area (Å²) in [6.07, 6.45) is 5.29. The van der Waals surface area contributed by atoms with Gasteiger partial charge in [0.25, 0.3) is 5.82 Å². The molecule has 0 saturated carbocycles. The molecule has 0 bridgehead atoms. The van der Waals surface area contributed by atoms with E-state index in [0.717, 1.165) is 31.7 Å². The van der Waals surface area contributed by atoms with E-state index in [2.05, 4.69) is 14.5 Å². The predicted molar refractivity (Wildman–Crippen MR) is 78.6 cm³/mol. The first-order valence-corrected chi connectivity index (χ1v) is 7.13. The fraction of sp³-hybridized carbons (Fsp3) is 0.133. The predicted octanol–water partition coefficient (Wildman–Crippen LogP) is 2.50. The van der Waals surface area contributed by atoms with Crippen molar-refractivity contribution in [1.29, 1.82) is 0 Å². The Hall–Kier alpha value is -2.27. The number of aryl methyl sites for hydroxylation is 1. The lowest BCUT2D eigenvalue weighted by atomic mass is 10.2. The van der Waals surface area contributed by atoms with Crippen LogP contribution in [0, 0.1) is 0 Å². The first kappa shape index (κ1) is 8.11. The molecule has 20 heavy (non-hydrogen) atoms. The number of hydrogen-bond acceptors (Lipinski definition) is 3. The van der Waals surface area contributed by atoms with Crippen LogP contribution in [0.3, 0.4) is 0 Å². The van der Waals surface area contributed by atoms with Crippen molar-refractivity contribution in [1.82, 2.24) is 14.5 Å². The van der Waals surface area contributed by atoms with Crippen molar-refractivity contribution in [2.75, 3.05) is 0 Å². The van der Waals surface area contributed by atoms with Crippen LogP contribution in [0.4, 0.5) is 0 Å². The largest absolute Gasteiger partial charge is 0.292 e. The lowest BCUT2D eigenvalue weighted by Gasteiger charge is -1.93. The third kappa shape index (κ3) is 1.10. The van der Waals surface area contributed by atoms with E-state index in [-0.39, 0.29) is 0 Å². The monoisotopic (exact) mass is 282 g/mol. The Morgan fingerprint density at radius 2 is 2.40 bits per heavy atom. The maximum Gasteiger partial charge on any atom is 0.292 e. The third-order valence-electron chi connectivity index (χ3n) is 3.82. The standard InChI is InChI=1S/C15H11N4S/c1-18-14-9-3-2-5-17-11(9)8-19(14)13-10-7-16-6-4-12(10)20-15(13)18/h2-7H,8H2,1H3/q+1/i1D3. The molecule has 4 aromatic heterocycles. The summed E-state index contributed by atoms with van der Waals surface area (Å²) in [6.45, 7) is -1.66. The minimum atomic E-state index is -2.25. The van der Waals surface area contributed by atoms with Crippen LogP contribution >= 0.6 is 11.3 Å². The molecular weight excluding hydrogens is 268 g/mol. The molecule has 0 saturated heterocycles. The average Bonchev–Trinajstić information content (AvgIpc) is 3.12. The van der Waals surface area contributed by atoms with Gasteiger partial charge in [0.15, 0.2) is 5.52 Å². The summed E-state index contributed by atoms with van der Waals surface area (Å²) >= 11 is 1.50. The smallest absolute Gasteiger partial charge is 0.264 e. The Morgan fingerprint density at radius 3 is 3.35 bits per heavy atom. The summed E-state index contributed by atoms with van der Waals surface area (Å²) in [7, 11) is 0. The summed E-state index contributed by atoms with van der Waals surface area (Å²) < 4.78 is 28.6. The van der Waals surface area contributed by atoms with E-state index in [1.807, 2.05) is 24.4 Å². The fourth-order valence-electron chi connectivity index (χ4n) is 2.99. The summed E-state index contributed by atoms with van der Waals surface area (Å²) in [5.41, 5.74) is 2.73. The highest BCUT2D eigenvalue weighted by atomic mass is 32.1. The Labute approximate surface area is 123 Å². The van der Waals surface area contributed by atoms with Crippen LogP contribution in [0.15, 0.2) is 36.8 Å². The van der Waals surface area contributed by atoms with Crippen molar-refractivity contribution in [3.05, 3.63) is 42.5 Å². The number of nitrogens with zero attached hydrogens (tertiary/aromatic N) is 4. The highest BCUT2D eigenvalue weighted by Gasteiger charge is 2.35. The lowest BCUT2D eigenvalue weighted by molar-refractivity contribution is -0.631. The van der Waals surface area contributed by atoms with Crippen molar-refractivity contribution in [2.45, 2.75) is 6.54 Å². The molecule has 1 aliphatic heterocycles. The Balaban J connectivity index is 2.01. The first-order chi connectivity index (χ1) is 11.1. The van der Waals surface area contributed by atoms with Crippen LogP contribution in [0.25, 0.3) is 31.8 Å². The summed E-state index contributed by atoms with van der Waals surface area (Å²) in [5.74, 6) is 0.708. The van der Waals surface area contributed by atoms with E-state index in [0.29, 0.717) is 12.4 Å². The molecule has 5 heteroatoms. The second-order valence-corrected chi connectivity index (χ2v) is 5.90. The normalized spacial score (nSPS) is 15.9. The van der Waals surface area contributed by atoms with E-state index >= 15 is 0 Å². The quantitative estimate of drug-likeness (QED) is 0.409. The highest BCUT2D eigenvalue weighted by Crippen LogP contribution is 2.38. The van der Waals surface area contributed by atoms with E-state index < -0.39 is 6.98 Å². The maximum absolute atomic E-state index is 8.01. The Kier molecular flexibility index (Phi) is 1.39. The molecule has 0 aliphatic carbocycles. The average molecular weight is 282 g/mol. The Morgan fingerprint density at radius 1 is 1.40 bits per heavy atom. The van der Waals surface area contributed by atoms with Crippen molar-refractivity contribution in [3.8, 4) is 11.4 Å². The van der Waals surface area contributed by atoms with Crippen LogP contribution in [0.1, 0.15) is 9.81 Å². The molecule has 4 aromatic rings. The van der Waals surface area contributed by atoms with Gasteiger partial charge in [-0.3, -0.25) is 9.97 Å². The SMILES string of the molecule is [2H]C([2H])([2H])[n+]1c2n(c3c4cnccc4sc31)Cc1ncccc1-2. The molecule has 96 valence electrons. The Bertz CT molecular complexity index is 1090. The molecule has 5 heterocycles. The van der Waals surface area contributed by atoms with Gasteiger partial charge < -0.3 is 0 Å². The molecule has 1 aliphatic rings. The van der Waals surface area contributed by atoms with Crippen LogP contribution in [0.5, 0.6) is 0 Å². The van der Waals surface area contributed by atoms with Crippen molar-refractivity contribution in [2.24, 2.45) is 6.98 Å². The maximum atomic E-state index is 8.01. The molecule has 4 nitrogen and oxygen atoms in total. The van der Waals surface area contributed by atoms with E-state index in [4.69, 9.17) is 4.11 Å². The van der Waals surface area contributed by atoms with E-state index in [1.165, 1.54) is 15.9 Å². The van der Waals surface area contributed by atoms with E-state index in [1.54, 1.807) is 12.4 Å². The highest BCUT2D eigenvalue weighted by molar-refractivity contribution is 7.25. The number of aromatic nitrogens is 4. The number of pyridine rings is 2. The first-order valence-electron chi connectivity index (χ1n) is 7.81. The van der Waals surface area contributed by atoms with Crippen LogP contribution in [-0.2, 0) is 13.5 Å². The minimum absolute atomic E-state index is 0.589. The van der Waals surface area contributed by atoms with Gasteiger partial charge in [0.05, 0.1) is 27.7 Å². The van der Waals surface area contributed by atoms with Gasteiger partial charge >= 0.3 is 0 Å². The van der Waals surface area contributed by atoms with Crippen LogP contribution < -0.4 is 4.57 Å². The van der Waals surface area contributed by atoms with Gasteiger partial charge in [-0.2, -0.15) is 0 Å². The second-order valence-electron chi connectivity index (χ2n) is 4.87. The van der Waals surface area contributed by atoms with Crippen molar-refractivity contribution >= 4 is 31.8 Å². The molecule has 0 atom stereocenters. The molecule has 0 radical (unpaired) electrons. The van der Waals surface area contributed by atoms with Gasteiger partial charge in [0, 0.05) is 23.3 Å². The number of thiophene rings is 1. The van der Waals surface area contributed by atoms with Gasteiger partial charge in [0.2, 0.25) is 4.83 Å². The van der Waals surface area contributed by atoms with Gasteiger partial charge in [-0.15, -0.1) is 0 Å². The summed E-state index contributed by atoms with van der Waals surface area (Å²) in [6, 6.07) is 5.71. The number of rotatable bonds is 0.